The number of benzene rings is 4. The van der Waals surface area contributed by atoms with Gasteiger partial charge in [0, 0.05) is 52.7 Å². The molecule has 1 aliphatic rings. The monoisotopic (exact) mass is 711 g/mol. The minimum atomic E-state index is -3.84. The molecule has 0 aromatic heterocycles. The average molecular weight is 713 g/mol. The van der Waals surface area contributed by atoms with E-state index in [1.807, 2.05) is 18.2 Å². The van der Waals surface area contributed by atoms with Crippen molar-refractivity contribution >= 4 is 44.8 Å². The Labute approximate surface area is 289 Å². The highest BCUT2D eigenvalue weighted by atomic mass is 35.5. The first kappa shape index (κ1) is 35.2. The number of hydrazine groups is 1. The van der Waals surface area contributed by atoms with Crippen molar-refractivity contribution in [2.75, 3.05) is 26.1 Å². The van der Waals surface area contributed by atoms with Crippen molar-refractivity contribution in [1.29, 1.82) is 0 Å². The summed E-state index contributed by atoms with van der Waals surface area (Å²) in [6.45, 7) is 0.552. The van der Waals surface area contributed by atoms with Crippen LogP contribution in [-0.2, 0) is 25.9 Å². The number of nitrogens with one attached hydrogen (secondary N) is 2. The zero-order valence-corrected chi connectivity index (χ0v) is 28.4. The van der Waals surface area contributed by atoms with Crippen LogP contribution in [0.3, 0.4) is 0 Å². The van der Waals surface area contributed by atoms with Crippen LogP contribution >= 0.6 is 23.2 Å². The van der Waals surface area contributed by atoms with Crippen molar-refractivity contribution in [3.8, 4) is 11.5 Å². The molecule has 2 atom stereocenters. The number of para-hydroxylation sites is 1. The fourth-order valence-corrected chi connectivity index (χ4v) is 7.17. The van der Waals surface area contributed by atoms with Crippen LogP contribution in [-0.4, -0.2) is 56.9 Å². The highest BCUT2D eigenvalue weighted by Crippen LogP contribution is 2.45. The van der Waals surface area contributed by atoms with Gasteiger partial charge in [-0.25, -0.2) is 18.8 Å². The first-order valence-corrected chi connectivity index (χ1v) is 17.6. The Kier molecular flexibility index (Phi) is 11.6. The van der Waals surface area contributed by atoms with Gasteiger partial charge in [0.25, 0.3) is 5.91 Å². The van der Waals surface area contributed by atoms with Crippen molar-refractivity contribution < 1.29 is 32.5 Å². The number of methoxy groups -OCH3 is 1. The van der Waals surface area contributed by atoms with Crippen molar-refractivity contribution in [3.05, 3.63) is 124 Å². The Morgan fingerprint density at radius 2 is 1.73 bits per heavy atom. The molecule has 0 aliphatic carbocycles. The molecule has 0 radical (unpaired) electrons. The third-order valence-corrected chi connectivity index (χ3v) is 10.1. The number of carbonyl (C=O) groups excluding carboxylic acids is 1. The van der Waals surface area contributed by atoms with E-state index in [-0.39, 0.29) is 35.4 Å². The molecule has 10 nitrogen and oxygen atoms in total. The number of rotatable bonds is 15. The molecule has 1 heterocycles. The predicted molar refractivity (Wildman–Crippen MR) is 184 cm³/mol. The zero-order chi connectivity index (χ0) is 34.1. The summed E-state index contributed by atoms with van der Waals surface area (Å²) < 4.78 is 44.6. The van der Waals surface area contributed by atoms with Gasteiger partial charge in [-0.2, -0.15) is 0 Å². The average Bonchev–Trinajstić information content (AvgIpc) is 3.49. The molecule has 5 rings (SSSR count). The van der Waals surface area contributed by atoms with E-state index < -0.39 is 33.1 Å². The molecule has 252 valence electrons. The van der Waals surface area contributed by atoms with Crippen LogP contribution in [0.15, 0.2) is 107 Å². The standard InChI is InChI=1S/C35H35Cl2N3O7S/c1-45-31-11-6-5-8-25(31)23-38-40-34(42)35(18-21-48(43,44)28-9-3-2-4-10-28)32(29-17-14-26(36)22-30(29)37)47-33(39-35)24-12-15-27(16-13-24)46-20-7-19-41/h2-6,8-17,22,32,38,41H,7,18-21,23H2,1H3,(H,40,42)/t32-,35-/m0/s1. The quantitative estimate of drug-likeness (QED) is 0.106. The van der Waals surface area contributed by atoms with E-state index in [0.717, 1.165) is 5.56 Å². The van der Waals surface area contributed by atoms with Crippen molar-refractivity contribution in [2.24, 2.45) is 4.99 Å². The summed E-state index contributed by atoms with van der Waals surface area (Å²) in [6.07, 6.45) is -0.894. The second-order valence-corrected chi connectivity index (χ2v) is 13.9. The number of nitrogens with zero attached hydrogens (tertiary/aromatic N) is 1. The highest BCUT2D eigenvalue weighted by Gasteiger charge is 2.54. The van der Waals surface area contributed by atoms with Crippen LogP contribution in [0, 0.1) is 0 Å². The summed E-state index contributed by atoms with van der Waals surface area (Å²) in [5, 5.41) is 9.66. The first-order valence-electron chi connectivity index (χ1n) is 15.2. The molecule has 0 fully saturated rings. The minimum absolute atomic E-state index is 0.00919. The number of hydrogen-bond donors (Lipinski definition) is 3. The number of aliphatic imine (C=N–C) groups is 1. The van der Waals surface area contributed by atoms with Gasteiger partial charge in [0.15, 0.2) is 21.5 Å². The van der Waals surface area contributed by atoms with Crippen LogP contribution in [0.25, 0.3) is 0 Å². The molecule has 4 aromatic carbocycles. The molecule has 3 N–H and O–H groups in total. The van der Waals surface area contributed by atoms with Crippen LogP contribution in [0.5, 0.6) is 11.5 Å². The predicted octanol–water partition coefficient (Wildman–Crippen LogP) is 5.71. The summed E-state index contributed by atoms with van der Waals surface area (Å²) >= 11 is 12.9. The van der Waals surface area contributed by atoms with Crippen molar-refractivity contribution in [2.45, 2.75) is 35.9 Å². The Balaban J connectivity index is 1.54. The van der Waals surface area contributed by atoms with E-state index in [1.165, 1.54) is 18.2 Å². The Morgan fingerprint density at radius 1 is 1.00 bits per heavy atom. The lowest BCUT2D eigenvalue weighted by Gasteiger charge is -2.31. The lowest BCUT2D eigenvalue weighted by molar-refractivity contribution is -0.130. The number of aliphatic hydroxyl groups excluding tert-OH is 1. The molecule has 0 unspecified atom stereocenters. The van der Waals surface area contributed by atoms with E-state index in [9.17, 15) is 13.2 Å². The normalized spacial score (nSPS) is 17.3. The highest BCUT2D eigenvalue weighted by molar-refractivity contribution is 7.91. The third-order valence-electron chi connectivity index (χ3n) is 7.80. The van der Waals surface area contributed by atoms with Crippen molar-refractivity contribution in [1.82, 2.24) is 10.9 Å². The molecule has 0 spiro atoms. The molecule has 4 aromatic rings. The lowest BCUT2D eigenvalue weighted by atomic mass is 9.85. The molecule has 0 saturated heterocycles. The minimum Gasteiger partial charge on any atom is -0.496 e. The van der Waals surface area contributed by atoms with Crippen LogP contribution in [0.2, 0.25) is 10.0 Å². The molecular formula is C35H35Cl2N3O7S. The molecule has 0 saturated carbocycles. The summed E-state index contributed by atoms with van der Waals surface area (Å²) in [5.74, 6) is 0.264. The maximum atomic E-state index is 14.4. The fraction of sp³-hybridized carbons (Fsp3) is 0.257. The maximum Gasteiger partial charge on any atom is 0.266 e. The summed E-state index contributed by atoms with van der Waals surface area (Å²) in [4.78, 5) is 19.4. The van der Waals surface area contributed by atoms with E-state index in [4.69, 9.17) is 47.5 Å². The van der Waals surface area contributed by atoms with Crippen LogP contribution < -0.4 is 20.3 Å². The van der Waals surface area contributed by atoms with E-state index in [0.29, 0.717) is 40.7 Å². The summed E-state index contributed by atoms with van der Waals surface area (Å²) in [5.41, 5.74) is 5.62. The van der Waals surface area contributed by atoms with Gasteiger partial charge in [-0.1, -0.05) is 65.7 Å². The van der Waals surface area contributed by atoms with Gasteiger partial charge in [0.05, 0.1) is 24.4 Å². The third kappa shape index (κ3) is 8.11. The van der Waals surface area contributed by atoms with Gasteiger partial charge in [0.1, 0.15) is 11.5 Å². The molecule has 1 aliphatic heterocycles. The fourth-order valence-electron chi connectivity index (χ4n) is 5.27. The van der Waals surface area contributed by atoms with E-state index in [2.05, 4.69) is 10.9 Å². The first-order chi connectivity index (χ1) is 23.2. The number of halogens is 2. The number of carbonyl (C=O) groups is 1. The van der Waals surface area contributed by atoms with Gasteiger partial charge in [-0.15, -0.1) is 0 Å². The molecular weight excluding hydrogens is 677 g/mol. The Bertz CT molecular complexity index is 1860. The molecule has 48 heavy (non-hydrogen) atoms. The molecule has 13 heteroatoms. The number of ether oxygens (including phenoxy) is 3. The molecule has 1 amide bonds. The second kappa shape index (κ2) is 15.8. The second-order valence-electron chi connectivity index (χ2n) is 11.0. The summed E-state index contributed by atoms with van der Waals surface area (Å²) in [6, 6.07) is 27.0. The van der Waals surface area contributed by atoms with E-state index >= 15 is 0 Å². The SMILES string of the molecule is COc1ccccc1CNNC(=O)[C@@]1(CCS(=O)(=O)c2ccccc2)N=C(c2ccc(OCCCO)cc2)O[C@H]1c1ccc(Cl)cc1Cl. The van der Waals surface area contributed by atoms with Crippen LogP contribution in [0.4, 0.5) is 0 Å². The number of amides is 1. The lowest BCUT2D eigenvalue weighted by Crippen LogP contribution is -2.53. The topological polar surface area (TPSA) is 136 Å². The largest absolute Gasteiger partial charge is 0.496 e. The Hall–Kier alpha value is -4.13. The summed E-state index contributed by atoms with van der Waals surface area (Å²) in [7, 11) is -2.29. The van der Waals surface area contributed by atoms with Gasteiger partial charge in [0.2, 0.25) is 5.90 Å². The number of sulfone groups is 1. The van der Waals surface area contributed by atoms with Gasteiger partial charge in [-0.05, 0) is 54.6 Å². The van der Waals surface area contributed by atoms with E-state index in [1.54, 1.807) is 67.8 Å². The Morgan fingerprint density at radius 3 is 2.44 bits per heavy atom. The maximum absolute atomic E-state index is 14.4. The van der Waals surface area contributed by atoms with Crippen LogP contribution in [0.1, 0.15) is 35.6 Å². The van der Waals surface area contributed by atoms with Gasteiger partial charge in [-0.3, -0.25) is 10.2 Å². The number of aliphatic hydroxyl groups is 1. The van der Waals surface area contributed by atoms with Gasteiger partial charge < -0.3 is 19.3 Å². The smallest absolute Gasteiger partial charge is 0.266 e. The molecule has 0 bridgehead atoms. The zero-order valence-electron chi connectivity index (χ0n) is 26.1. The number of hydrogen-bond acceptors (Lipinski definition) is 9. The van der Waals surface area contributed by atoms with Crippen molar-refractivity contribution in [3.63, 3.8) is 0 Å². The van der Waals surface area contributed by atoms with Gasteiger partial charge >= 0.3 is 0 Å².